The van der Waals surface area contributed by atoms with Gasteiger partial charge in [-0.1, -0.05) is 30.3 Å². The lowest BCUT2D eigenvalue weighted by atomic mass is 9.86. The number of aliphatic hydroxyl groups excluding tert-OH is 1. The highest BCUT2D eigenvalue weighted by atomic mass is 16.3. The van der Waals surface area contributed by atoms with E-state index in [0.29, 0.717) is 12.8 Å². The molecule has 0 spiro atoms. The van der Waals surface area contributed by atoms with Gasteiger partial charge in [0, 0.05) is 18.9 Å². The van der Waals surface area contributed by atoms with Crippen LogP contribution in [-0.4, -0.2) is 10.9 Å². The van der Waals surface area contributed by atoms with Crippen LogP contribution in [0.15, 0.2) is 42.2 Å². The van der Waals surface area contributed by atoms with Crippen molar-refractivity contribution in [3.05, 3.63) is 47.7 Å². The second kappa shape index (κ2) is 3.66. The molecule has 0 saturated carbocycles. The zero-order chi connectivity index (χ0) is 9.97. The zero-order valence-corrected chi connectivity index (χ0v) is 7.81. The van der Waals surface area contributed by atoms with Crippen molar-refractivity contribution in [1.82, 2.24) is 0 Å². The van der Waals surface area contributed by atoms with Gasteiger partial charge in [0.1, 0.15) is 0 Å². The van der Waals surface area contributed by atoms with E-state index in [0.717, 1.165) is 5.56 Å². The van der Waals surface area contributed by atoms with Crippen molar-refractivity contribution >= 4 is 5.78 Å². The molecule has 1 aliphatic rings. The lowest BCUT2D eigenvalue weighted by Crippen LogP contribution is -2.12. The van der Waals surface area contributed by atoms with Crippen LogP contribution in [0.25, 0.3) is 0 Å². The Morgan fingerprint density at radius 3 is 2.50 bits per heavy atom. The quantitative estimate of drug-likeness (QED) is 0.735. The van der Waals surface area contributed by atoms with Crippen molar-refractivity contribution in [3.63, 3.8) is 0 Å². The average Bonchev–Trinajstić information content (AvgIpc) is 2.18. The summed E-state index contributed by atoms with van der Waals surface area (Å²) in [6.07, 6.45) is 2.42. The number of carbonyl (C=O) groups excluding carboxylic acids is 1. The monoisotopic (exact) mass is 188 g/mol. The molecule has 1 atom stereocenters. The molecule has 0 fully saturated rings. The van der Waals surface area contributed by atoms with E-state index < -0.39 is 0 Å². The van der Waals surface area contributed by atoms with E-state index in [4.69, 9.17) is 0 Å². The van der Waals surface area contributed by atoms with Gasteiger partial charge >= 0.3 is 0 Å². The van der Waals surface area contributed by atoms with Crippen molar-refractivity contribution < 1.29 is 9.90 Å². The van der Waals surface area contributed by atoms with E-state index >= 15 is 0 Å². The molecule has 0 aromatic heterocycles. The number of ketones is 1. The number of aliphatic hydroxyl groups is 1. The Bertz CT molecular complexity index is 365. The van der Waals surface area contributed by atoms with Gasteiger partial charge in [-0.15, -0.1) is 0 Å². The summed E-state index contributed by atoms with van der Waals surface area (Å²) in [5.74, 6) is 0.367. The first-order valence-electron chi connectivity index (χ1n) is 4.73. The van der Waals surface area contributed by atoms with Crippen LogP contribution in [0.4, 0.5) is 0 Å². The summed E-state index contributed by atoms with van der Waals surface area (Å²) in [7, 11) is 0. The van der Waals surface area contributed by atoms with Crippen LogP contribution in [0.3, 0.4) is 0 Å². The van der Waals surface area contributed by atoms with Gasteiger partial charge in [-0.3, -0.25) is 4.79 Å². The van der Waals surface area contributed by atoms with Gasteiger partial charge in [0.25, 0.3) is 0 Å². The highest BCUT2D eigenvalue weighted by Crippen LogP contribution is 2.29. The van der Waals surface area contributed by atoms with Crippen LogP contribution in [-0.2, 0) is 4.79 Å². The third-order valence-electron chi connectivity index (χ3n) is 2.50. The number of benzene rings is 1. The van der Waals surface area contributed by atoms with Crippen LogP contribution in [0, 0.1) is 0 Å². The molecule has 0 radical (unpaired) electrons. The Morgan fingerprint density at radius 2 is 1.86 bits per heavy atom. The van der Waals surface area contributed by atoms with Crippen molar-refractivity contribution in [1.29, 1.82) is 0 Å². The van der Waals surface area contributed by atoms with Crippen molar-refractivity contribution in [3.8, 4) is 0 Å². The van der Waals surface area contributed by atoms with Gasteiger partial charge in [0.15, 0.2) is 5.78 Å². The SMILES string of the molecule is O=C1C=C(O)C[C@@H](c2ccccc2)C1. The molecule has 2 rings (SSSR count). The predicted octanol–water partition coefficient (Wildman–Crippen LogP) is 2.58. The Labute approximate surface area is 82.9 Å². The summed E-state index contributed by atoms with van der Waals surface area (Å²) in [4.78, 5) is 11.2. The van der Waals surface area contributed by atoms with E-state index in [1.807, 2.05) is 30.3 Å². The summed E-state index contributed by atoms with van der Waals surface area (Å²) >= 11 is 0. The summed E-state index contributed by atoms with van der Waals surface area (Å²) in [6, 6.07) is 9.85. The molecule has 0 bridgehead atoms. The number of hydrogen-bond acceptors (Lipinski definition) is 2. The Hall–Kier alpha value is -1.57. The van der Waals surface area contributed by atoms with Crippen LogP contribution in [0.1, 0.15) is 24.3 Å². The third kappa shape index (κ3) is 1.84. The molecular weight excluding hydrogens is 176 g/mol. The Morgan fingerprint density at radius 1 is 1.14 bits per heavy atom. The average molecular weight is 188 g/mol. The van der Waals surface area contributed by atoms with E-state index in [1.165, 1.54) is 6.08 Å². The van der Waals surface area contributed by atoms with E-state index in [-0.39, 0.29) is 17.5 Å². The first kappa shape index (κ1) is 9.00. The van der Waals surface area contributed by atoms with Crippen molar-refractivity contribution in [2.75, 3.05) is 0 Å². The van der Waals surface area contributed by atoms with Crippen LogP contribution < -0.4 is 0 Å². The normalized spacial score (nSPS) is 21.9. The standard InChI is InChI=1S/C12H12O2/c13-11-6-10(7-12(14)8-11)9-4-2-1-3-5-9/h1-5,8,10,13H,6-7H2/t10-/m1/s1. The topological polar surface area (TPSA) is 37.3 Å². The minimum atomic E-state index is 0.0163. The highest BCUT2D eigenvalue weighted by Gasteiger charge is 2.21. The van der Waals surface area contributed by atoms with Crippen LogP contribution in [0.2, 0.25) is 0 Å². The second-order valence-corrected chi connectivity index (χ2v) is 3.62. The minimum Gasteiger partial charge on any atom is -0.512 e. The van der Waals surface area contributed by atoms with Crippen molar-refractivity contribution in [2.24, 2.45) is 0 Å². The fourth-order valence-corrected chi connectivity index (χ4v) is 1.83. The molecule has 0 aliphatic heterocycles. The lowest BCUT2D eigenvalue weighted by molar-refractivity contribution is -0.115. The predicted molar refractivity (Wildman–Crippen MR) is 54.1 cm³/mol. The maximum Gasteiger partial charge on any atom is 0.159 e. The van der Waals surface area contributed by atoms with Gasteiger partial charge in [0.05, 0.1) is 5.76 Å². The van der Waals surface area contributed by atoms with Gasteiger partial charge in [-0.05, 0) is 11.5 Å². The van der Waals surface area contributed by atoms with E-state index in [9.17, 15) is 9.90 Å². The molecule has 1 aromatic carbocycles. The lowest BCUT2D eigenvalue weighted by Gasteiger charge is -2.19. The van der Waals surface area contributed by atoms with E-state index in [2.05, 4.69) is 0 Å². The number of carbonyl (C=O) groups is 1. The second-order valence-electron chi connectivity index (χ2n) is 3.62. The molecule has 0 heterocycles. The highest BCUT2D eigenvalue weighted by molar-refractivity contribution is 5.91. The van der Waals surface area contributed by atoms with Gasteiger partial charge in [-0.2, -0.15) is 0 Å². The van der Waals surface area contributed by atoms with Gasteiger partial charge < -0.3 is 5.11 Å². The number of rotatable bonds is 1. The van der Waals surface area contributed by atoms with Crippen LogP contribution in [0.5, 0.6) is 0 Å². The Kier molecular flexibility index (Phi) is 2.35. The minimum absolute atomic E-state index is 0.0163. The molecule has 14 heavy (non-hydrogen) atoms. The molecule has 2 heteroatoms. The molecule has 1 N–H and O–H groups in total. The van der Waals surface area contributed by atoms with Crippen LogP contribution >= 0.6 is 0 Å². The Balaban J connectivity index is 2.22. The largest absolute Gasteiger partial charge is 0.512 e. The van der Waals surface area contributed by atoms with E-state index in [1.54, 1.807) is 0 Å². The summed E-state index contributed by atoms with van der Waals surface area (Å²) in [5.41, 5.74) is 1.13. The maximum atomic E-state index is 11.2. The molecule has 1 aromatic rings. The fraction of sp³-hybridized carbons (Fsp3) is 0.250. The first-order chi connectivity index (χ1) is 6.75. The summed E-state index contributed by atoms with van der Waals surface area (Å²) in [6.45, 7) is 0. The fourth-order valence-electron chi connectivity index (χ4n) is 1.83. The first-order valence-corrected chi connectivity index (χ1v) is 4.73. The third-order valence-corrected chi connectivity index (χ3v) is 2.50. The molecule has 0 amide bonds. The number of allylic oxidation sites excluding steroid dienone is 2. The molecular formula is C12H12O2. The summed E-state index contributed by atoms with van der Waals surface area (Å²) < 4.78 is 0. The summed E-state index contributed by atoms with van der Waals surface area (Å²) in [5, 5.41) is 9.35. The smallest absolute Gasteiger partial charge is 0.159 e. The molecule has 0 unspecified atom stereocenters. The zero-order valence-electron chi connectivity index (χ0n) is 7.81. The van der Waals surface area contributed by atoms with Gasteiger partial charge in [-0.25, -0.2) is 0 Å². The molecule has 2 nitrogen and oxygen atoms in total. The molecule has 72 valence electrons. The molecule has 1 aliphatic carbocycles. The molecule has 0 saturated heterocycles. The maximum absolute atomic E-state index is 11.2. The number of hydrogen-bond donors (Lipinski definition) is 1. The van der Waals surface area contributed by atoms with Crippen molar-refractivity contribution in [2.45, 2.75) is 18.8 Å². The van der Waals surface area contributed by atoms with Gasteiger partial charge in [0.2, 0.25) is 0 Å².